The first-order valence-electron chi connectivity index (χ1n) is 6.69. The molecule has 110 valence electrons. The Kier molecular flexibility index (Phi) is 7.35. The largest absolute Gasteiger partial charge is 0.466 e. The van der Waals surface area contributed by atoms with Crippen molar-refractivity contribution in [3.63, 3.8) is 0 Å². The molecule has 0 radical (unpaired) electrons. The lowest BCUT2D eigenvalue weighted by Crippen LogP contribution is -2.15. The van der Waals surface area contributed by atoms with Crippen LogP contribution in [0.1, 0.15) is 25.3 Å². The van der Waals surface area contributed by atoms with Gasteiger partial charge in [0.05, 0.1) is 19.6 Å². The molecule has 0 saturated carbocycles. The van der Waals surface area contributed by atoms with Gasteiger partial charge in [-0.3, -0.25) is 9.59 Å². The third-order valence-corrected chi connectivity index (χ3v) is 2.73. The molecule has 0 aliphatic carbocycles. The molecule has 1 aromatic carbocycles. The van der Waals surface area contributed by atoms with Crippen molar-refractivity contribution < 1.29 is 19.1 Å². The van der Waals surface area contributed by atoms with Crippen molar-refractivity contribution in [3.05, 3.63) is 29.8 Å². The number of amides is 1. The maximum atomic E-state index is 11.8. The fourth-order valence-corrected chi connectivity index (χ4v) is 1.73. The summed E-state index contributed by atoms with van der Waals surface area (Å²) in [5, 5.41) is 2.81. The van der Waals surface area contributed by atoms with Gasteiger partial charge in [0.25, 0.3) is 0 Å². The minimum atomic E-state index is -0.352. The summed E-state index contributed by atoms with van der Waals surface area (Å²) in [7, 11) is 1.64. The molecule has 1 aromatic rings. The van der Waals surface area contributed by atoms with Crippen LogP contribution in [0.5, 0.6) is 0 Å². The normalized spacial score (nSPS) is 10.1. The smallest absolute Gasteiger partial charge is 0.306 e. The van der Waals surface area contributed by atoms with E-state index >= 15 is 0 Å². The first kappa shape index (κ1) is 16.2. The van der Waals surface area contributed by atoms with Crippen molar-refractivity contribution in [2.45, 2.75) is 26.2 Å². The molecule has 0 saturated heterocycles. The van der Waals surface area contributed by atoms with Crippen LogP contribution in [0.25, 0.3) is 0 Å². The monoisotopic (exact) mass is 279 g/mol. The minimum Gasteiger partial charge on any atom is -0.466 e. The summed E-state index contributed by atoms with van der Waals surface area (Å²) >= 11 is 0. The quantitative estimate of drug-likeness (QED) is 0.741. The molecule has 20 heavy (non-hydrogen) atoms. The van der Waals surface area contributed by atoms with Crippen molar-refractivity contribution >= 4 is 17.6 Å². The molecule has 0 bridgehead atoms. The van der Waals surface area contributed by atoms with E-state index in [0.29, 0.717) is 13.2 Å². The van der Waals surface area contributed by atoms with Crippen molar-refractivity contribution in [3.8, 4) is 0 Å². The van der Waals surface area contributed by atoms with E-state index in [0.717, 1.165) is 17.7 Å². The first-order valence-corrected chi connectivity index (χ1v) is 6.69. The number of ether oxygens (including phenoxy) is 2. The number of rotatable bonds is 8. The summed E-state index contributed by atoms with van der Waals surface area (Å²) in [5.41, 5.74) is 1.78. The first-order chi connectivity index (χ1) is 9.67. The van der Waals surface area contributed by atoms with Gasteiger partial charge in [0.1, 0.15) is 0 Å². The number of hydrogen-bond acceptors (Lipinski definition) is 4. The molecular weight excluding hydrogens is 258 g/mol. The predicted molar refractivity (Wildman–Crippen MR) is 76.5 cm³/mol. The van der Waals surface area contributed by atoms with E-state index in [1.165, 1.54) is 0 Å². The van der Waals surface area contributed by atoms with Gasteiger partial charge in [-0.05, 0) is 25.0 Å². The second kappa shape index (κ2) is 9.09. The number of carbonyl (C=O) groups is 2. The highest BCUT2D eigenvalue weighted by Gasteiger charge is 2.09. The van der Waals surface area contributed by atoms with E-state index in [1.54, 1.807) is 14.0 Å². The lowest BCUT2D eigenvalue weighted by atomic mass is 10.1. The predicted octanol–water partition coefficient (Wildman–Crippen LogP) is 2.16. The zero-order valence-electron chi connectivity index (χ0n) is 12.0. The van der Waals surface area contributed by atoms with E-state index in [2.05, 4.69) is 5.32 Å². The van der Waals surface area contributed by atoms with Crippen molar-refractivity contribution in [2.24, 2.45) is 0 Å². The molecule has 5 heteroatoms. The molecule has 0 heterocycles. The fraction of sp³-hybridized carbons (Fsp3) is 0.467. The zero-order valence-corrected chi connectivity index (χ0v) is 12.0. The van der Waals surface area contributed by atoms with E-state index < -0.39 is 0 Å². The summed E-state index contributed by atoms with van der Waals surface area (Å²) < 4.78 is 9.82. The van der Waals surface area contributed by atoms with E-state index in [9.17, 15) is 9.59 Å². The van der Waals surface area contributed by atoms with E-state index in [4.69, 9.17) is 9.47 Å². The van der Waals surface area contributed by atoms with Crippen LogP contribution in [0.15, 0.2) is 24.3 Å². The summed E-state index contributed by atoms with van der Waals surface area (Å²) in [4.78, 5) is 23.0. The standard InChI is InChI=1S/C15H21NO4/c1-3-20-15(18)9-8-14(17)16-13-7-5-4-6-12(13)10-11-19-2/h4-7H,3,8-11H2,1-2H3,(H,16,17). The van der Waals surface area contributed by atoms with Gasteiger partial charge in [0, 0.05) is 19.2 Å². The third kappa shape index (κ3) is 5.84. The van der Waals surface area contributed by atoms with Crippen LogP contribution in [0.3, 0.4) is 0 Å². The van der Waals surface area contributed by atoms with Gasteiger partial charge in [0.15, 0.2) is 0 Å². The van der Waals surface area contributed by atoms with Crippen LogP contribution in [0, 0.1) is 0 Å². The second-order valence-corrected chi connectivity index (χ2v) is 4.25. The van der Waals surface area contributed by atoms with Crippen LogP contribution >= 0.6 is 0 Å². The SMILES string of the molecule is CCOC(=O)CCC(=O)Nc1ccccc1CCOC. The van der Waals surface area contributed by atoms with Crippen molar-refractivity contribution in [2.75, 3.05) is 25.6 Å². The highest BCUT2D eigenvalue weighted by atomic mass is 16.5. The lowest BCUT2D eigenvalue weighted by Gasteiger charge is -2.10. The molecule has 5 nitrogen and oxygen atoms in total. The molecule has 0 spiro atoms. The van der Waals surface area contributed by atoms with Gasteiger partial charge < -0.3 is 14.8 Å². The third-order valence-electron chi connectivity index (χ3n) is 2.73. The van der Waals surface area contributed by atoms with Crippen LogP contribution in [-0.2, 0) is 25.5 Å². The Balaban J connectivity index is 2.50. The van der Waals surface area contributed by atoms with E-state index in [1.807, 2.05) is 24.3 Å². The second-order valence-electron chi connectivity index (χ2n) is 4.25. The summed E-state index contributed by atoms with van der Waals surface area (Å²) in [6.07, 6.45) is 0.947. The number of carbonyl (C=O) groups excluding carboxylic acids is 2. The van der Waals surface area contributed by atoms with Gasteiger partial charge in [-0.15, -0.1) is 0 Å². The number of methoxy groups -OCH3 is 1. The number of esters is 1. The van der Waals surface area contributed by atoms with E-state index in [-0.39, 0.29) is 24.7 Å². The maximum Gasteiger partial charge on any atom is 0.306 e. The van der Waals surface area contributed by atoms with Crippen molar-refractivity contribution in [1.82, 2.24) is 0 Å². The Hall–Kier alpha value is -1.88. The average Bonchev–Trinajstić information content (AvgIpc) is 2.44. The minimum absolute atomic E-state index is 0.0971. The highest BCUT2D eigenvalue weighted by Crippen LogP contribution is 2.16. The Morgan fingerprint density at radius 3 is 2.65 bits per heavy atom. The highest BCUT2D eigenvalue weighted by molar-refractivity contribution is 5.93. The Morgan fingerprint density at radius 2 is 1.95 bits per heavy atom. The molecule has 0 aromatic heterocycles. The van der Waals surface area contributed by atoms with Crippen LogP contribution in [0.4, 0.5) is 5.69 Å². The zero-order chi connectivity index (χ0) is 14.8. The van der Waals surface area contributed by atoms with Crippen molar-refractivity contribution in [1.29, 1.82) is 0 Å². The molecule has 0 aliphatic heterocycles. The Bertz CT molecular complexity index is 445. The van der Waals surface area contributed by atoms with Crippen LogP contribution in [0.2, 0.25) is 0 Å². The Morgan fingerprint density at radius 1 is 1.20 bits per heavy atom. The topological polar surface area (TPSA) is 64.6 Å². The lowest BCUT2D eigenvalue weighted by molar-refractivity contribution is -0.144. The fourth-order valence-electron chi connectivity index (χ4n) is 1.73. The number of benzene rings is 1. The number of nitrogens with one attached hydrogen (secondary N) is 1. The van der Waals surface area contributed by atoms with Gasteiger partial charge in [-0.1, -0.05) is 18.2 Å². The van der Waals surface area contributed by atoms with Gasteiger partial charge in [0.2, 0.25) is 5.91 Å². The summed E-state index contributed by atoms with van der Waals surface area (Å²) in [6, 6.07) is 7.56. The van der Waals surface area contributed by atoms with Crippen LogP contribution < -0.4 is 5.32 Å². The number of hydrogen-bond donors (Lipinski definition) is 1. The van der Waals surface area contributed by atoms with Gasteiger partial charge in [-0.2, -0.15) is 0 Å². The molecule has 0 fully saturated rings. The van der Waals surface area contributed by atoms with Gasteiger partial charge >= 0.3 is 5.97 Å². The number of para-hydroxylation sites is 1. The van der Waals surface area contributed by atoms with Crippen LogP contribution in [-0.4, -0.2) is 32.2 Å². The van der Waals surface area contributed by atoms with Gasteiger partial charge in [-0.25, -0.2) is 0 Å². The molecule has 0 unspecified atom stereocenters. The molecule has 0 atom stereocenters. The molecular formula is C15H21NO4. The molecule has 1 rings (SSSR count). The molecule has 1 N–H and O–H groups in total. The number of anilines is 1. The molecule has 0 aliphatic rings. The molecule has 1 amide bonds. The average molecular weight is 279 g/mol. The Labute approximate surface area is 119 Å². The summed E-state index contributed by atoms with van der Waals surface area (Å²) in [5.74, 6) is -0.543. The summed E-state index contributed by atoms with van der Waals surface area (Å²) in [6.45, 7) is 2.67. The maximum absolute atomic E-state index is 11.8.